The Morgan fingerprint density at radius 1 is 1.07 bits per heavy atom. The third-order valence-electron chi connectivity index (χ3n) is 5.05. The normalized spacial score (nSPS) is 19.0. The molecular formula is C23H24N2OS2. The molecule has 3 nitrogen and oxygen atoms in total. The van der Waals surface area contributed by atoms with Crippen LogP contribution in [0.3, 0.4) is 0 Å². The maximum absolute atomic E-state index is 12.9. The summed E-state index contributed by atoms with van der Waals surface area (Å²) in [7, 11) is 0. The number of fused-ring (bicyclic) bond motifs is 1. The minimum Gasteiger partial charge on any atom is -0.355 e. The smallest absolute Gasteiger partial charge is 0.224 e. The van der Waals surface area contributed by atoms with Gasteiger partial charge in [0, 0.05) is 24.0 Å². The van der Waals surface area contributed by atoms with Gasteiger partial charge in [-0.05, 0) is 30.5 Å². The van der Waals surface area contributed by atoms with Crippen molar-refractivity contribution in [3.8, 4) is 0 Å². The van der Waals surface area contributed by atoms with Crippen LogP contribution in [-0.4, -0.2) is 23.2 Å². The highest BCUT2D eigenvalue weighted by Gasteiger charge is 2.32. The number of amides is 1. The minimum atomic E-state index is -0.0234. The van der Waals surface area contributed by atoms with E-state index in [2.05, 4.69) is 47.8 Å². The number of allylic oxidation sites excluding steroid dienone is 2. The van der Waals surface area contributed by atoms with E-state index in [1.165, 1.54) is 10.3 Å². The number of nitrogens with zero attached hydrogens (tertiary/aromatic N) is 1. The number of hydrogen-bond donors (Lipinski definition) is 1. The number of carbonyl (C=O) groups is 1. The van der Waals surface area contributed by atoms with Gasteiger partial charge >= 0.3 is 0 Å². The molecule has 1 aromatic heterocycles. The highest BCUT2D eigenvalue weighted by Crippen LogP contribution is 2.38. The number of carbonyl (C=O) groups excluding carboxylic acids is 1. The average molecular weight is 409 g/mol. The lowest BCUT2D eigenvalue weighted by Gasteiger charge is -2.26. The Hall–Kier alpha value is -2.11. The Labute approximate surface area is 174 Å². The molecule has 1 N–H and O–H groups in total. The topological polar surface area (TPSA) is 42.0 Å². The first kappa shape index (κ1) is 19.2. The fourth-order valence-electron chi connectivity index (χ4n) is 3.57. The lowest BCUT2D eigenvalue weighted by Crippen LogP contribution is -2.36. The van der Waals surface area contributed by atoms with Crippen LogP contribution >= 0.6 is 23.1 Å². The van der Waals surface area contributed by atoms with Crippen molar-refractivity contribution in [2.45, 2.75) is 24.5 Å². The molecule has 0 aliphatic heterocycles. The first-order chi connectivity index (χ1) is 13.8. The van der Waals surface area contributed by atoms with Gasteiger partial charge in [-0.2, -0.15) is 11.8 Å². The van der Waals surface area contributed by atoms with E-state index in [1.807, 2.05) is 36.0 Å². The predicted molar refractivity (Wildman–Crippen MR) is 120 cm³/mol. The molecule has 2 aromatic carbocycles. The third kappa shape index (κ3) is 4.65. The molecule has 0 fully saturated rings. The van der Waals surface area contributed by atoms with Gasteiger partial charge in [0.05, 0.1) is 21.1 Å². The Bertz CT molecular complexity index is 918. The Kier molecular flexibility index (Phi) is 6.45. The monoisotopic (exact) mass is 408 g/mol. The third-order valence-corrected chi connectivity index (χ3v) is 7.25. The molecule has 0 unspecified atom stereocenters. The van der Waals surface area contributed by atoms with Gasteiger partial charge in [-0.1, -0.05) is 54.6 Å². The highest BCUT2D eigenvalue weighted by molar-refractivity contribution is 7.98. The molecule has 0 spiro atoms. The second-order valence-corrected chi connectivity index (χ2v) is 9.17. The van der Waals surface area contributed by atoms with Gasteiger partial charge in [-0.25, -0.2) is 4.98 Å². The molecular weight excluding hydrogens is 384 g/mol. The van der Waals surface area contributed by atoms with Crippen molar-refractivity contribution >= 4 is 39.2 Å². The second-order valence-electron chi connectivity index (χ2n) is 7.00. The zero-order chi connectivity index (χ0) is 19.2. The molecule has 0 radical (unpaired) electrons. The summed E-state index contributed by atoms with van der Waals surface area (Å²) in [4.78, 5) is 17.7. The molecule has 0 saturated carbocycles. The van der Waals surface area contributed by atoms with Crippen LogP contribution in [0.2, 0.25) is 0 Å². The van der Waals surface area contributed by atoms with Crippen molar-refractivity contribution in [1.82, 2.24) is 10.3 Å². The second kappa shape index (κ2) is 9.39. The van der Waals surface area contributed by atoms with E-state index in [1.54, 1.807) is 11.3 Å². The zero-order valence-electron chi connectivity index (χ0n) is 15.7. The van der Waals surface area contributed by atoms with Crippen LogP contribution in [0, 0.1) is 5.92 Å². The van der Waals surface area contributed by atoms with E-state index >= 15 is 0 Å². The van der Waals surface area contributed by atoms with Gasteiger partial charge < -0.3 is 5.32 Å². The molecule has 28 heavy (non-hydrogen) atoms. The van der Waals surface area contributed by atoms with Gasteiger partial charge in [-0.3, -0.25) is 4.79 Å². The Balaban J connectivity index is 1.32. The summed E-state index contributed by atoms with van der Waals surface area (Å²) in [5.41, 5.74) is 2.36. The van der Waals surface area contributed by atoms with Gasteiger partial charge in [0.2, 0.25) is 5.91 Å². The molecule has 1 aliphatic carbocycles. The number of benzene rings is 2. The fourth-order valence-corrected chi connectivity index (χ4v) is 5.53. The largest absolute Gasteiger partial charge is 0.355 e. The lowest BCUT2D eigenvalue weighted by atomic mass is 9.82. The zero-order valence-corrected chi connectivity index (χ0v) is 17.3. The van der Waals surface area contributed by atoms with Crippen molar-refractivity contribution in [3.05, 3.63) is 77.3 Å². The summed E-state index contributed by atoms with van der Waals surface area (Å²) in [6.07, 6.45) is 6.01. The van der Waals surface area contributed by atoms with Crippen LogP contribution in [0.4, 0.5) is 0 Å². The first-order valence-corrected chi connectivity index (χ1v) is 11.7. The fraction of sp³-hybridized carbons (Fsp3) is 0.304. The minimum absolute atomic E-state index is 0.0234. The van der Waals surface area contributed by atoms with E-state index < -0.39 is 0 Å². The molecule has 144 valence electrons. The molecule has 5 heteroatoms. The van der Waals surface area contributed by atoms with Crippen LogP contribution in [0.25, 0.3) is 10.2 Å². The van der Waals surface area contributed by atoms with Crippen molar-refractivity contribution < 1.29 is 4.79 Å². The summed E-state index contributed by atoms with van der Waals surface area (Å²) in [6, 6.07) is 18.7. The van der Waals surface area contributed by atoms with Crippen LogP contribution < -0.4 is 5.32 Å². The molecule has 3 aromatic rings. The molecule has 0 bridgehead atoms. The van der Waals surface area contributed by atoms with E-state index in [0.29, 0.717) is 6.54 Å². The summed E-state index contributed by atoms with van der Waals surface area (Å²) < 4.78 is 1.20. The predicted octanol–water partition coefficient (Wildman–Crippen LogP) is 5.40. The van der Waals surface area contributed by atoms with Gasteiger partial charge in [0.15, 0.2) is 0 Å². The molecule has 2 atom stereocenters. The quantitative estimate of drug-likeness (QED) is 0.421. The SMILES string of the molecule is O=C(NCCSCc1ccccc1)[C@@H]1CC=CC[C@H]1c1nc2ccccc2s1. The summed E-state index contributed by atoms with van der Waals surface area (Å²) >= 11 is 3.58. The van der Waals surface area contributed by atoms with Crippen molar-refractivity contribution in [3.63, 3.8) is 0 Å². The number of nitrogens with one attached hydrogen (secondary N) is 1. The number of aromatic nitrogens is 1. The number of rotatable bonds is 7. The van der Waals surface area contributed by atoms with Crippen LogP contribution in [-0.2, 0) is 10.5 Å². The van der Waals surface area contributed by atoms with Crippen molar-refractivity contribution in [1.29, 1.82) is 0 Å². The molecule has 1 heterocycles. The van der Waals surface area contributed by atoms with Crippen LogP contribution in [0.15, 0.2) is 66.7 Å². The molecule has 1 aliphatic rings. The van der Waals surface area contributed by atoms with Gasteiger partial charge in [0.25, 0.3) is 0 Å². The summed E-state index contributed by atoms with van der Waals surface area (Å²) in [6.45, 7) is 0.711. The Morgan fingerprint density at radius 3 is 2.71 bits per heavy atom. The number of thioether (sulfide) groups is 1. The number of para-hydroxylation sites is 1. The van der Waals surface area contributed by atoms with Crippen LogP contribution in [0.5, 0.6) is 0 Å². The molecule has 0 saturated heterocycles. The standard InChI is InChI=1S/C23H24N2OS2/c26-22(24-14-15-27-16-17-8-2-1-3-9-17)18-10-4-5-11-19(18)23-25-20-12-6-7-13-21(20)28-23/h1-9,12-13,18-19H,10-11,14-16H2,(H,24,26)/t18-,19-/m1/s1. The lowest BCUT2D eigenvalue weighted by molar-refractivity contribution is -0.125. The maximum Gasteiger partial charge on any atom is 0.224 e. The Morgan fingerprint density at radius 2 is 1.86 bits per heavy atom. The van der Waals surface area contributed by atoms with Gasteiger partial charge in [-0.15, -0.1) is 11.3 Å². The summed E-state index contributed by atoms with van der Waals surface area (Å²) in [5.74, 6) is 2.23. The molecule has 1 amide bonds. The highest BCUT2D eigenvalue weighted by atomic mass is 32.2. The number of hydrogen-bond acceptors (Lipinski definition) is 4. The molecule has 4 rings (SSSR count). The number of thiazole rings is 1. The van der Waals surface area contributed by atoms with E-state index in [9.17, 15) is 4.79 Å². The van der Waals surface area contributed by atoms with E-state index in [0.717, 1.165) is 34.9 Å². The van der Waals surface area contributed by atoms with E-state index in [4.69, 9.17) is 4.98 Å². The first-order valence-electron chi connectivity index (χ1n) is 9.71. The van der Waals surface area contributed by atoms with Crippen molar-refractivity contribution in [2.75, 3.05) is 12.3 Å². The van der Waals surface area contributed by atoms with Crippen molar-refractivity contribution in [2.24, 2.45) is 5.92 Å². The average Bonchev–Trinajstić information content (AvgIpc) is 3.18. The van der Waals surface area contributed by atoms with Gasteiger partial charge in [0.1, 0.15) is 0 Å². The van der Waals surface area contributed by atoms with E-state index in [-0.39, 0.29) is 17.7 Å². The maximum atomic E-state index is 12.9. The van der Waals surface area contributed by atoms with Crippen LogP contribution in [0.1, 0.15) is 29.3 Å². The summed E-state index contributed by atoms with van der Waals surface area (Å²) in [5, 5.41) is 4.24.